The van der Waals surface area contributed by atoms with E-state index in [0.29, 0.717) is 0 Å². The van der Waals surface area contributed by atoms with Crippen LogP contribution in [0.25, 0.3) is 0 Å². The van der Waals surface area contributed by atoms with E-state index in [2.05, 4.69) is 17.3 Å². The Balaban J connectivity index is 0. The molecular formula is C7H14Cl2N2S. The molecule has 0 bridgehead atoms. The predicted octanol–water partition coefficient (Wildman–Crippen LogP) is 2.57. The van der Waals surface area contributed by atoms with Crippen LogP contribution in [0.2, 0.25) is 0 Å². The lowest BCUT2D eigenvalue weighted by Crippen LogP contribution is -2.04. The fraction of sp³-hybridized carbons (Fsp3) is 0.571. The number of rotatable bonds is 2. The van der Waals surface area contributed by atoms with E-state index in [-0.39, 0.29) is 30.9 Å². The molecule has 0 aromatic carbocycles. The molecule has 1 heterocycles. The Morgan fingerprint density at radius 2 is 2.17 bits per heavy atom. The normalized spacial score (nSPS) is 11.2. The van der Waals surface area contributed by atoms with Gasteiger partial charge in [0, 0.05) is 5.38 Å². The molecule has 0 saturated heterocycles. The second kappa shape index (κ2) is 6.66. The molecule has 0 aliphatic carbocycles. The van der Waals surface area contributed by atoms with Crippen molar-refractivity contribution in [3.8, 4) is 0 Å². The summed E-state index contributed by atoms with van der Waals surface area (Å²) in [5.41, 5.74) is 6.78. The Morgan fingerprint density at radius 3 is 2.42 bits per heavy atom. The van der Waals surface area contributed by atoms with Crippen LogP contribution in [-0.4, -0.2) is 4.98 Å². The maximum Gasteiger partial charge on any atom is 0.109 e. The lowest BCUT2D eigenvalue weighted by molar-refractivity contribution is 0.798. The summed E-state index contributed by atoms with van der Waals surface area (Å²) in [6.07, 6.45) is 1.00. The molecule has 1 unspecified atom stereocenters. The number of thiazole rings is 1. The van der Waals surface area contributed by atoms with Crippen LogP contribution in [0.15, 0.2) is 5.38 Å². The van der Waals surface area contributed by atoms with Crippen LogP contribution in [-0.2, 0) is 6.42 Å². The first-order valence-corrected chi connectivity index (χ1v) is 4.32. The van der Waals surface area contributed by atoms with Gasteiger partial charge in [0.1, 0.15) is 5.01 Å². The molecule has 1 aromatic rings. The van der Waals surface area contributed by atoms with Crippen LogP contribution in [0.3, 0.4) is 0 Å². The minimum Gasteiger partial charge on any atom is -0.322 e. The molecule has 0 amide bonds. The quantitative estimate of drug-likeness (QED) is 0.846. The Kier molecular flexibility index (Phi) is 8.15. The van der Waals surface area contributed by atoms with Gasteiger partial charge in [0.25, 0.3) is 0 Å². The summed E-state index contributed by atoms with van der Waals surface area (Å²) in [4.78, 5) is 4.32. The Hall–Kier alpha value is 0.170. The van der Waals surface area contributed by atoms with Crippen LogP contribution in [0.1, 0.15) is 30.6 Å². The van der Waals surface area contributed by atoms with Gasteiger partial charge < -0.3 is 5.73 Å². The van der Waals surface area contributed by atoms with Crippen LogP contribution in [0.4, 0.5) is 0 Å². The van der Waals surface area contributed by atoms with Crippen molar-refractivity contribution >= 4 is 36.2 Å². The van der Waals surface area contributed by atoms with E-state index in [4.69, 9.17) is 5.73 Å². The molecule has 0 aliphatic heterocycles. The second-order valence-electron chi connectivity index (χ2n) is 2.32. The minimum atomic E-state index is 0. The second-order valence-corrected chi connectivity index (χ2v) is 3.21. The maximum absolute atomic E-state index is 5.63. The molecule has 1 atom stereocenters. The molecular weight excluding hydrogens is 215 g/mol. The maximum atomic E-state index is 5.63. The molecule has 12 heavy (non-hydrogen) atoms. The highest BCUT2D eigenvalue weighted by Crippen LogP contribution is 2.15. The zero-order valence-corrected chi connectivity index (χ0v) is 9.56. The molecule has 2 nitrogen and oxygen atoms in total. The number of hydrogen-bond acceptors (Lipinski definition) is 3. The average molecular weight is 229 g/mol. The van der Waals surface area contributed by atoms with Crippen LogP contribution in [0, 0.1) is 0 Å². The number of aryl methyl sites for hydroxylation is 1. The first-order chi connectivity index (χ1) is 4.74. The highest BCUT2D eigenvalue weighted by molar-refractivity contribution is 7.09. The number of hydrogen-bond donors (Lipinski definition) is 1. The summed E-state index contributed by atoms with van der Waals surface area (Å²) in [6, 6.07) is 0.0882. The van der Waals surface area contributed by atoms with Gasteiger partial charge in [0.05, 0.1) is 11.7 Å². The molecule has 2 N–H and O–H groups in total. The molecule has 0 fully saturated rings. The molecule has 72 valence electrons. The van der Waals surface area contributed by atoms with Gasteiger partial charge in [0.15, 0.2) is 0 Å². The van der Waals surface area contributed by atoms with Crippen molar-refractivity contribution < 1.29 is 0 Å². The van der Waals surface area contributed by atoms with Crippen LogP contribution in [0.5, 0.6) is 0 Å². The largest absolute Gasteiger partial charge is 0.322 e. The molecule has 1 aromatic heterocycles. The van der Waals surface area contributed by atoms with E-state index in [1.165, 1.54) is 0 Å². The van der Waals surface area contributed by atoms with Gasteiger partial charge in [-0.3, -0.25) is 0 Å². The fourth-order valence-electron chi connectivity index (χ4n) is 0.694. The van der Waals surface area contributed by atoms with Gasteiger partial charge >= 0.3 is 0 Å². The van der Waals surface area contributed by atoms with Gasteiger partial charge in [-0.05, 0) is 13.3 Å². The van der Waals surface area contributed by atoms with Crippen LogP contribution >= 0.6 is 36.2 Å². The highest BCUT2D eigenvalue weighted by Gasteiger charge is 2.03. The zero-order chi connectivity index (χ0) is 7.56. The average Bonchev–Trinajstić information content (AvgIpc) is 2.34. The smallest absolute Gasteiger partial charge is 0.109 e. The van der Waals surface area contributed by atoms with E-state index < -0.39 is 0 Å². The standard InChI is InChI=1S/C7H12N2S.2ClH/c1-3-6-4-10-7(9-6)5(2)8;;/h4-5H,3,8H2,1-2H3;2*1H. The molecule has 1 rings (SSSR count). The van der Waals surface area contributed by atoms with Crippen molar-refractivity contribution in [3.05, 3.63) is 16.1 Å². The molecule has 5 heteroatoms. The van der Waals surface area contributed by atoms with Gasteiger partial charge in [-0.1, -0.05) is 6.92 Å². The topological polar surface area (TPSA) is 38.9 Å². The molecule has 0 radical (unpaired) electrons. The van der Waals surface area contributed by atoms with Crippen molar-refractivity contribution in [1.29, 1.82) is 0 Å². The third-order valence-electron chi connectivity index (χ3n) is 1.32. The monoisotopic (exact) mass is 228 g/mol. The minimum absolute atomic E-state index is 0. The fourth-order valence-corrected chi connectivity index (χ4v) is 1.55. The number of nitrogens with zero attached hydrogens (tertiary/aromatic N) is 1. The lowest BCUT2D eigenvalue weighted by Gasteiger charge is -1.95. The van der Waals surface area contributed by atoms with E-state index in [0.717, 1.165) is 17.1 Å². The zero-order valence-electron chi connectivity index (χ0n) is 7.11. The molecule has 0 spiro atoms. The van der Waals surface area contributed by atoms with Gasteiger partial charge in [-0.2, -0.15) is 0 Å². The van der Waals surface area contributed by atoms with Crippen molar-refractivity contribution in [1.82, 2.24) is 4.98 Å². The van der Waals surface area contributed by atoms with E-state index in [1.807, 2.05) is 6.92 Å². The Labute approximate surface area is 89.4 Å². The Bertz CT molecular complexity index is 213. The first-order valence-electron chi connectivity index (χ1n) is 3.44. The van der Waals surface area contributed by atoms with E-state index >= 15 is 0 Å². The van der Waals surface area contributed by atoms with Crippen molar-refractivity contribution in [3.63, 3.8) is 0 Å². The molecule has 0 aliphatic rings. The lowest BCUT2D eigenvalue weighted by atomic mass is 10.3. The summed E-state index contributed by atoms with van der Waals surface area (Å²) in [7, 11) is 0. The van der Waals surface area contributed by atoms with Gasteiger partial charge in [-0.15, -0.1) is 36.2 Å². The van der Waals surface area contributed by atoms with Crippen molar-refractivity contribution in [2.24, 2.45) is 5.73 Å². The predicted molar refractivity (Wildman–Crippen MR) is 58.6 cm³/mol. The van der Waals surface area contributed by atoms with Crippen molar-refractivity contribution in [2.45, 2.75) is 26.3 Å². The molecule has 0 saturated carbocycles. The third kappa shape index (κ3) is 3.72. The van der Waals surface area contributed by atoms with E-state index in [9.17, 15) is 0 Å². The van der Waals surface area contributed by atoms with Crippen molar-refractivity contribution in [2.75, 3.05) is 0 Å². The highest BCUT2D eigenvalue weighted by atomic mass is 35.5. The van der Waals surface area contributed by atoms with Gasteiger partial charge in [-0.25, -0.2) is 4.98 Å². The summed E-state index contributed by atoms with van der Waals surface area (Å²) in [5, 5.41) is 3.11. The number of halogens is 2. The van der Waals surface area contributed by atoms with Gasteiger partial charge in [0.2, 0.25) is 0 Å². The van der Waals surface area contributed by atoms with Crippen LogP contribution < -0.4 is 5.73 Å². The first kappa shape index (κ1) is 14.7. The Morgan fingerprint density at radius 1 is 1.58 bits per heavy atom. The summed E-state index contributed by atoms with van der Waals surface area (Å²) in [6.45, 7) is 4.05. The number of nitrogens with two attached hydrogens (primary N) is 1. The summed E-state index contributed by atoms with van der Waals surface area (Å²) < 4.78 is 0. The SMILES string of the molecule is CCc1csc(C(C)N)n1.Cl.Cl. The summed E-state index contributed by atoms with van der Waals surface area (Å²) >= 11 is 1.65. The number of aromatic nitrogens is 1. The third-order valence-corrected chi connectivity index (χ3v) is 2.42. The van der Waals surface area contributed by atoms with E-state index in [1.54, 1.807) is 11.3 Å². The summed E-state index contributed by atoms with van der Waals surface area (Å²) in [5.74, 6) is 0.